The highest BCUT2D eigenvalue weighted by atomic mass is 16.5. The van der Waals surface area contributed by atoms with Crippen LogP contribution in [-0.2, 0) is 0 Å². The third kappa shape index (κ3) is 4.64. The van der Waals surface area contributed by atoms with Crippen molar-refractivity contribution in [2.75, 3.05) is 35.6 Å². The molecule has 9 nitrogen and oxygen atoms in total. The van der Waals surface area contributed by atoms with Crippen molar-refractivity contribution in [2.24, 2.45) is 5.73 Å². The molecular weight excluding hydrogens is 348 g/mol. The third-order valence-corrected chi connectivity index (χ3v) is 3.89. The van der Waals surface area contributed by atoms with Gasteiger partial charge < -0.3 is 31.5 Å². The molecule has 6 N–H and O–H groups in total. The molecule has 9 heteroatoms. The number of nitrogens with two attached hydrogens (primary N) is 1. The number of anilines is 4. The van der Waals surface area contributed by atoms with E-state index >= 15 is 0 Å². The van der Waals surface area contributed by atoms with Gasteiger partial charge in [0.05, 0.1) is 11.3 Å². The van der Waals surface area contributed by atoms with Crippen molar-refractivity contribution in [3.05, 3.63) is 42.6 Å². The van der Waals surface area contributed by atoms with E-state index in [1.807, 2.05) is 12.1 Å². The first-order chi connectivity index (χ1) is 13.1. The largest absolute Gasteiger partial charge is 0.489 e. The van der Waals surface area contributed by atoms with Gasteiger partial charge in [-0.05, 0) is 24.6 Å². The number of hydrogen-bond donors (Lipinski definition) is 5. The number of aromatic nitrogens is 2. The highest BCUT2D eigenvalue weighted by Crippen LogP contribution is 2.30. The van der Waals surface area contributed by atoms with Crippen LogP contribution >= 0.6 is 0 Å². The molecule has 1 aromatic carbocycles. The third-order valence-electron chi connectivity index (χ3n) is 3.89. The van der Waals surface area contributed by atoms with Crippen molar-refractivity contribution in [1.82, 2.24) is 9.97 Å². The summed E-state index contributed by atoms with van der Waals surface area (Å²) < 4.78 is 5.54. The van der Waals surface area contributed by atoms with E-state index in [1.54, 1.807) is 12.1 Å². The minimum atomic E-state index is -0.604. The van der Waals surface area contributed by atoms with E-state index in [0.717, 1.165) is 11.4 Å². The second-order valence-electron chi connectivity index (χ2n) is 6.01. The minimum absolute atomic E-state index is 0.218. The number of fused-ring (bicyclic) bond motifs is 1. The number of aliphatic hydroxyl groups excluding tert-OH is 1. The van der Waals surface area contributed by atoms with Crippen molar-refractivity contribution in [3.8, 4) is 5.75 Å². The van der Waals surface area contributed by atoms with Gasteiger partial charge in [0.25, 0.3) is 5.91 Å². The lowest BCUT2D eigenvalue weighted by atomic mass is 10.2. The topological polar surface area (TPSA) is 134 Å². The van der Waals surface area contributed by atoms with Crippen LogP contribution in [0.2, 0.25) is 0 Å². The van der Waals surface area contributed by atoms with E-state index in [9.17, 15) is 9.90 Å². The number of rotatable bonds is 7. The Morgan fingerprint density at radius 1 is 1.52 bits per heavy atom. The summed E-state index contributed by atoms with van der Waals surface area (Å²) in [6.45, 7) is 4.87. The SMILES string of the molecule is C=CCCNc1nc(Nc2ccc3c(c2)NC[C@H](O)CO3)ncc1C(N)=O. The molecule has 1 aromatic heterocycles. The van der Waals surface area contributed by atoms with Crippen LogP contribution in [0.25, 0.3) is 0 Å². The first kappa shape index (κ1) is 18.5. The lowest BCUT2D eigenvalue weighted by molar-refractivity contribution is 0.100. The van der Waals surface area contributed by atoms with Gasteiger partial charge in [0, 0.05) is 25.0 Å². The van der Waals surface area contributed by atoms with Crippen molar-refractivity contribution in [3.63, 3.8) is 0 Å². The molecule has 2 aromatic rings. The van der Waals surface area contributed by atoms with Gasteiger partial charge in [-0.3, -0.25) is 4.79 Å². The molecule has 0 fully saturated rings. The number of amides is 1. The van der Waals surface area contributed by atoms with Gasteiger partial charge in [0.1, 0.15) is 24.3 Å². The van der Waals surface area contributed by atoms with Gasteiger partial charge in [-0.15, -0.1) is 6.58 Å². The highest BCUT2D eigenvalue weighted by Gasteiger charge is 2.16. The second-order valence-corrected chi connectivity index (χ2v) is 6.01. The first-order valence-corrected chi connectivity index (χ1v) is 8.54. The van der Waals surface area contributed by atoms with E-state index < -0.39 is 12.0 Å². The normalized spacial score (nSPS) is 15.5. The standard InChI is InChI=1S/C18H22N6O3/c1-2-3-6-20-17-13(16(19)26)9-22-18(24-17)23-11-4-5-15-14(7-11)21-8-12(25)10-27-15/h2,4-5,7,9,12,21,25H,1,3,6,8,10H2,(H2,19,26)(H2,20,22,23,24)/t12-/m0/s1. The van der Waals surface area contributed by atoms with Gasteiger partial charge in [-0.25, -0.2) is 4.98 Å². The van der Waals surface area contributed by atoms with Gasteiger partial charge in [0.15, 0.2) is 0 Å². The number of nitrogens with zero attached hydrogens (tertiary/aromatic N) is 2. The highest BCUT2D eigenvalue weighted by molar-refractivity contribution is 5.97. The number of aliphatic hydroxyl groups is 1. The predicted octanol–water partition coefficient (Wildman–Crippen LogP) is 1.47. The molecule has 1 aliphatic heterocycles. The van der Waals surface area contributed by atoms with Gasteiger partial charge in [-0.2, -0.15) is 4.98 Å². The molecule has 0 spiro atoms. The average molecular weight is 370 g/mol. The molecule has 1 amide bonds. The average Bonchev–Trinajstić information content (AvgIpc) is 2.83. The van der Waals surface area contributed by atoms with E-state index in [2.05, 4.69) is 32.5 Å². The Labute approximate surface area is 156 Å². The van der Waals surface area contributed by atoms with E-state index in [4.69, 9.17) is 10.5 Å². The Hall–Kier alpha value is -3.33. The van der Waals surface area contributed by atoms with Crippen molar-refractivity contribution >= 4 is 29.0 Å². The van der Waals surface area contributed by atoms with E-state index in [-0.39, 0.29) is 12.2 Å². The lowest BCUT2D eigenvalue weighted by Gasteiger charge is -2.13. The Kier molecular flexibility index (Phi) is 5.72. The Morgan fingerprint density at radius 3 is 3.15 bits per heavy atom. The maximum absolute atomic E-state index is 11.6. The van der Waals surface area contributed by atoms with Crippen LogP contribution in [0.5, 0.6) is 5.75 Å². The number of hydrogen-bond acceptors (Lipinski definition) is 8. The molecule has 0 saturated carbocycles. The van der Waals surface area contributed by atoms with Crippen LogP contribution in [0, 0.1) is 0 Å². The smallest absolute Gasteiger partial charge is 0.254 e. The second kappa shape index (κ2) is 8.37. The number of β-amino-alcohol motifs (C(OH)–C–C–N with tert-alkyl or cyclic N) is 1. The van der Waals surface area contributed by atoms with Crippen molar-refractivity contribution in [2.45, 2.75) is 12.5 Å². The molecule has 1 aliphatic rings. The quantitative estimate of drug-likeness (QED) is 0.365. The number of benzene rings is 1. The van der Waals surface area contributed by atoms with E-state index in [1.165, 1.54) is 6.20 Å². The maximum atomic E-state index is 11.6. The molecule has 142 valence electrons. The number of ether oxygens (including phenoxy) is 1. The predicted molar refractivity (Wildman–Crippen MR) is 104 cm³/mol. The summed E-state index contributed by atoms with van der Waals surface area (Å²) in [4.78, 5) is 20.1. The molecule has 0 radical (unpaired) electrons. The summed E-state index contributed by atoms with van der Waals surface area (Å²) in [6.07, 6.45) is 3.30. The molecular formula is C18H22N6O3. The van der Waals surface area contributed by atoms with Crippen molar-refractivity contribution in [1.29, 1.82) is 0 Å². The summed E-state index contributed by atoms with van der Waals surface area (Å²) in [6, 6.07) is 5.45. The van der Waals surface area contributed by atoms with Crippen LogP contribution in [0.3, 0.4) is 0 Å². The minimum Gasteiger partial charge on any atom is -0.489 e. The first-order valence-electron chi connectivity index (χ1n) is 8.54. The molecule has 0 saturated heterocycles. The molecule has 2 heterocycles. The summed E-state index contributed by atoms with van der Waals surface area (Å²) in [5, 5.41) is 19.0. The number of carbonyl (C=O) groups excluding carboxylic acids is 1. The zero-order chi connectivity index (χ0) is 19.2. The van der Waals surface area contributed by atoms with Gasteiger partial charge >= 0.3 is 0 Å². The summed E-state index contributed by atoms with van der Waals surface area (Å²) in [5.74, 6) is 0.735. The van der Waals surface area contributed by atoms with Crippen LogP contribution in [-0.4, -0.2) is 46.8 Å². The van der Waals surface area contributed by atoms with E-state index in [0.29, 0.717) is 37.0 Å². The number of nitrogens with one attached hydrogen (secondary N) is 3. The molecule has 0 aliphatic carbocycles. The zero-order valence-electron chi connectivity index (χ0n) is 14.7. The fourth-order valence-corrected chi connectivity index (χ4v) is 2.52. The lowest BCUT2D eigenvalue weighted by Crippen LogP contribution is -2.23. The monoisotopic (exact) mass is 370 g/mol. The van der Waals surface area contributed by atoms with Gasteiger partial charge in [0.2, 0.25) is 5.95 Å². The number of primary amides is 1. The van der Waals surface area contributed by atoms with Crippen LogP contribution in [0.15, 0.2) is 37.1 Å². The molecule has 27 heavy (non-hydrogen) atoms. The van der Waals surface area contributed by atoms with Crippen molar-refractivity contribution < 1.29 is 14.6 Å². The van der Waals surface area contributed by atoms with Crippen LogP contribution in [0.4, 0.5) is 23.1 Å². The van der Waals surface area contributed by atoms with Crippen LogP contribution in [0.1, 0.15) is 16.8 Å². The van der Waals surface area contributed by atoms with Gasteiger partial charge in [-0.1, -0.05) is 6.08 Å². The zero-order valence-corrected chi connectivity index (χ0v) is 14.7. The molecule has 0 bridgehead atoms. The molecule has 1 atom stereocenters. The fraction of sp³-hybridized carbons (Fsp3) is 0.278. The summed E-state index contributed by atoms with van der Waals surface area (Å²) in [5.41, 5.74) is 7.09. The Bertz CT molecular complexity index is 842. The molecule has 3 rings (SSSR count). The fourth-order valence-electron chi connectivity index (χ4n) is 2.52. The number of carbonyl (C=O) groups is 1. The summed E-state index contributed by atoms with van der Waals surface area (Å²) >= 11 is 0. The Morgan fingerprint density at radius 2 is 2.37 bits per heavy atom. The maximum Gasteiger partial charge on any atom is 0.254 e. The Balaban J connectivity index is 1.80. The van der Waals surface area contributed by atoms with Crippen LogP contribution < -0.4 is 26.4 Å². The molecule has 0 unspecified atom stereocenters. The summed E-state index contributed by atoms with van der Waals surface area (Å²) in [7, 11) is 0.